The van der Waals surface area contributed by atoms with Crippen molar-refractivity contribution in [3.8, 4) is 0 Å². The van der Waals surface area contributed by atoms with E-state index in [1.165, 1.54) is 10.9 Å². The number of alkyl halides is 1. The number of aliphatic hydroxyl groups excluding tert-OH is 1. The number of aromatic nitrogens is 4. The lowest BCUT2D eigenvalue weighted by molar-refractivity contribution is -0.164. The fourth-order valence-electron chi connectivity index (χ4n) is 2.95. The number of esters is 2. The molecule has 1 fully saturated rings. The van der Waals surface area contributed by atoms with Crippen LogP contribution in [0.4, 0.5) is 10.2 Å². The number of methoxy groups -OCH3 is 2. The summed E-state index contributed by atoms with van der Waals surface area (Å²) >= 11 is 5.81. The van der Waals surface area contributed by atoms with Crippen molar-refractivity contribution in [1.29, 1.82) is 0 Å². The summed E-state index contributed by atoms with van der Waals surface area (Å²) in [6.07, 6.45) is -6.47. The molecule has 0 aliphatic carbocycles. The second-order valence-electron chi connectivity index (χ2n) is 6.33. The maximum Gasteiger partial charge on any atom is 0.335 e. The molecule has 0 radical (unpaired) electrons. The topological polar surface area (TPSA) is 161 Å². The van der Waals surface area contributed by atoms with Gasteiger partial charge in [0, 0.05) is 0 Å². The quantitative estimate of drug-likeness (QED) is 0.426. The Hall–Kier alpha value is -2.61. The molecule has 164 valence electrons. The molecule has 0 bridgehead atoms. The van der Waals surface area contributed by atoms with Crippen LogP contribution in [0.25, 0.3) is 11.2 Å². The molecular formula is C16H19ClFN5O7. The third-order valence-corrected chi connectivity index (χ3v) is 4.66. The molecule has 3 heterocycles. The average molecular weight is 448 g/mol. The Labute approximate surface area is 174 Å². The molecule has 2 aromatic rings. The van der Waals surface area contributed by atoms with Gasteiger partial charge in [0.25, 0.3) is 0 Å². The highest BCUT2D eigenvalue weighted by Crippen LogP contribution is 2.34. The third-order valence-electron chi connectivity index (χ3n) is 4.49. The van der Waals surface area contributed by atoms with E-state index in [0.717, 1.165) is 14.2 Å². The molecule has 0 aromatic carbocycles. The van der Waals surface area contributed by atoms with Gasteiger partial charge in [0.2, 0.25) is 5.28 Å². The highest BCUT2D eigenvalue weighted by atomic mass is 35.5. The summed E-state index contributed by atoms with van der Waals surface area (Å²) < 4.78 is 36.0. The first kappa shape index (κ1) is 22.1. The number of imidazole rings is 1. The van der Waals surface area contributed by atoms with Gasteiger partial charge in [-0.1, -0.05) is 0 Å². The van der Waals surface area contributed by atoms with Crippen LogP contribution in [0.3, 0.4) is 0 Å². The molecule has 5 atom stereocenters. The Morgan fingerprint density at radius 3 is 2.80 bits per heavy atom. The second kappa shape index (κ2) is 9.04. The first-order valence-electron chi connectivity index (χ1n) is 8.66. The lowest BCUT2D eigenvalue weighted by atomic mass is 10.1. The Morgan fingerprint density at radius 1 is 1.40 bits per heavy atom. The van der Waals surface area contributed by atoms with Crippen LogP contribution < -0.4 is 5.73 Å². The van der Waals surface area contributed by atoms with Crippen LogP contribution in [-0.4, -0.2) is 81.9 Å². The standard InChI is InChI=1S/C16H19ClFN5O7/c1-27-8(24)3-6(15(26)28-2)29-4-7-11(25)9(18)14(30-7)23-5-20-10-12(19)21-16(17)22-13(10)23/h5-7,9,11,14,25H,3-4H2,1-2H3,(H2,19,21,22)/t6?,7-,9+,11-,14-/m1/s1. The predicted molar refractivity (Wildman–Crippen MR) is 97.9 cm³/mol. The summed E-state index contributed by atoms with van der Waals surface area (Å²) in [6.45, 7) is -0.403. The van der Waals surface area contributed by atoms with Crippen LogP contribution in [0.15, 0.2) is 6.33 Å². The molecule has 1 unspecified atom stereocenters. The van der Waals surface area contributed by atoms with Crippen molar-refractivity contribution in [3.63, 3.8) is 0 Å². The van der Waals surface area contributed by atoms with Crippen molar-refractivity contribution in [2.75, 3.05) is 26.6 Å². The van der Waals surface area contributed by atoms with E-state index >= 15 is 0 Å². The number of rotatable bonds is 7. The number of nitrogens with two attached hydrogens (primary N) is 1. The van der Waals surface area contributed by atoms with E-state index < -0.39 is 55.7 Å². The fourth-order valence-corrected chi connectivity index (χ4v) is 3.12. The molecule has 2 aromatic heterocycles. The Kier molecular flexibility index (Phi) is 6.65. The van der Waals surface area contributed by atoms with E-state index in [0.29, 0.717) is 0 Å². The summed E-state index contributed by atoms with van der Waals surface area (Å²) in [6, 6.07) is 0. The molecule has 12 nitrogen and oxygen atoms in total. The second-order valence-corrected chi connectivity index (χ2v) is 6.67. The molecule has 0 spiro atoms. The minimum Gasteiger partial charge on any atom is -0.469 e. The number of nitrogens with zero attached hydrogens (tertiary/aromatic N) is 4. The number of carbonyl (C=O) groups is 2. The maximum atomic E-state index is 14.8. The number of ether oxygens (including phenoxy) is 4. The van der Waals surface area contributed by atoms with Crippen LogP contribution in [0.5, 0.6) is 0 Å². The maximum absolute atomic E-state index is 14.8. The number of aliphatic hydroxyl groups is 1. The molecule has 30 heavy (non-hydrogen) atoms. The first-order valence-corrected chi connectivity index (χ1v) is 9.04. The number of carbonyl (C=O) groups excluding carboxylic acids is 2. The van der Waals surface area contributed by atoms with E-state index in [1.807, 2.05) is 0 Å². The largest absolute Gasteiger partial charge is 0.469 e. The molecule has 1 aliphatic heterocycles. The minimum atomic E-state index is -1.89. The Bertz CT molecular complexity index is 944. The highest BCUT2D eigenvalue weighted by molar-refractivity contribution is 6.28. The van der Waals surface area contributed by atoms with Gasteiger partial charge in [0.15, 0.2) is 30.0 Å². The lowest BCUT2D eigenvalue weighted by Gasteiger charge is -2.19. The zero-order chi connectivity index (χ0) is 22.0. The van der Waals surface area contributed by atoms with Crippen molar-refractivity contribution in [2.24, 2.45) is 0 Å². The van der Waals surface area contributed by atoms with Gasteiger partial charge in [-0.3, -0.25) is 9.36 Å². The molecule has 0 saturated carbocycles. The van der Waals surface area contributed by atoms with Crippen LogP contribution in [0, 0.1) is 0 Å². The Morgan fingerprint density at radius 2 is 2.13 bits per heavy atom. The molecule has 1 saturated heterocycles. The number of halogens is 2. The number of anilines is 1. The van der Waals surface area contributed by atoms with E-state index in [9.17, 15) is 19.1 Å². The van der Waals surface area contributed by atoms with E-state index in [1.54, 1.807) is 0 Å². The fraction of sp³-hybridized carbons (Fsp3) is 0.562. The van der Waals surface area contributed by atoms with Gasteiger partial charge >= 0.3 is 11.9 Å². The monoisotopic (exact) mass is 447 g/mol. The van der Waals surface area contributed by atoms with Gasteiger partial charge in [-0.15, -0.1) is 0 Å². The smallest absolute Gasteiger partial charge is 0.335 e. The first-order chi connectivity index (χ1) is 14.3. The van der Waals surface area contributed by atoms with Crippen molar-refractivity contribution in [3.05, 3.63) is 11.6 Å². The SMILES string of the molecule is COC(=O)CC(OC[C@H]1O[C@@H](n2cnc3c(N)nc(Cl)nc32)[C@@H](F)[C@@H]1O)C(=O)OC. The van der Waals surface area contributed by atoms with Gasteiger partial charge < -0.3 is 29.8 Å². The van der Waals surface area contributed by atoms with Crippen molar-refractivity contribution in [1.82, 2.24) is 19.5 Å². The van der Waals surface area contributed by atoms with Crippen molar-refractivity contribution in [2.45, 2.75) is 37.1 Å². The van der Waals surface area contributed by atoms with Crippen LogP contribution in [0.2, 0.25) is 5.28 Å². The zero-order valence-electron chi connectivity index (χ0n) is 15.9. The van der Waals surface area contributed by atoms with E-state index in [2.05, 4.69) is 24.4 Å². The van der Waals surface area contributed by atoms with Crippen LogP contribution >= 0.6 is 11.6 Å². The van der Waals surface area contributed by atoms with Gasteiger partial charge in [-0.2, -0.15) is 9.97 Å². The molecule has 3 N–H and O–H groups in total. The van der Waals surface area contributed by atoms with Crippen LogP contribution in [-0.2, 0) is 28.5 Å². The van der Waals surface area contributed by atoms with Crippen molar-refractivity contribution >= 4 is 40.5 Å². The number of hydrogen-bond donors (Lipinski definition) is 2. The Balaban J connectivity index is 1.75. The number of fused-ring (bicyclic) bond motifs is 1. The van der Waals surface area contributed by atoms with E-state index in [4.69, 9.17) is 26.8 Å². The lowest BCUT2D eigenvalue weighted by Crippen LogP contribution is -2.36. The summed E-state index contributed by atoms with van der Waals surface area (Å²) in [5, 5.41) is 10.1. The van der Waals surface area contributed by atoms with Crippen LogP contribution in [0.1, 0.15) is 12.6 Å². The third kappa shape index (κ3) is 4.28. The van der Waals surface area contributed by atoms with Gasteiger partial charge in [-0.25, -0.2) is 14.2 Å². The number of nitrogen functional groups attached to an aromatic ring is 1. The van der Waals surface area contributed by atoms with Crippen molar-refractivity contribution < 1.29 is 38.0 Å². The average Bonchev–Trinajstić information content (AvgIpc) is 3.26. The van der Waals surface area contributed by atoms with Gasteiger partial charge in [0.1, 0.15) is 17.7 Å². The summed E-state index contributed by atoms with van der Waals surface area (Å²) in [7, 11) is 2.27. The summed E-state index contributed by atoms with van der Waals surface area (Å²) in [5.74, 6) is -1.54. The minimum absolute atomic E-state index is 0.00122. The van der Waals surface area contributed by atoms with E-state index in [-0.39, 0.29) is 22.3 Å². The normalized spacial score (nSPS) is 24.7. The summed E-state index contributed by atoms with van der Waals surface area (Å²) in [5.41, 5.74) is 6.04. The summed E-state index contributed by atoms with van der Waals surface area (Å²) in [4.78, 5) is 35.0. The molecule has 0 amide bonds. The predicted octanol–water partition coefficient (Wildman–Crippen LogP) is -0.220. The molecular weight excluding hydrogens is 429 g/mol. The van der Waals surface area contributed by atoms with Gasteiger partial charge in [-0.05, 0) is 11.6 Å². The number of hydrogen-bond acceptors (Lipinski definition) is 11. The zero-order valence-corrected chi connectivity index (χ0v) is 16.7. The highest BCUT2D eigenvalue weighted by Gasteiger charge is 2.46. The molecule has 3 rings (SSSR count). The van der Waals surface area contributed by atoms with Gasteiger partial charge in [0.05, 0.1) is 33.6 Å². The molecule has 1 aliphatic rings. The molecule has 14 heteroatoms.